The fourth-order valence-electron chi connectivity index (χ4n) is 9.59. The molecule has 2 heterocycles. The summed E-state index contributed by atoms with van der Waals surface area (Å²) in [4.78, 5) is 0. The molecule has 8 aromatic carbocycles. The highest BCUT2D eigenvalue weighted by molar-refractivity contribution is 6.12. The molecule has 2 aromatic heterocycles. The Bertz CT molecular complexity index is 4010. The minimum atomic E-state index is -5.38. The van der Waals surface area contributed by atoms with Crippen LogP contribution in [-0.2, 0) is 37.1 Å². The summed E-state index contributed by atoms with van der Waals surface area (Å²) in [7, 11) is 0. The van der Waals surface area contributed by atoms with Gasteiger partial charge in [-0.15, -0.1) is 0 Å². The molecule has 10 aromatic rings. The summed E-state index contributed by atoms with van der Waals surface area (Å²) in [5.41, 5.74) is -13.0. The van der Waals surface area contributed by atoms with Gasteiger partial charge in [0.05, 0.1) is 72.4 Å². The van der Waals surface area contributed by atoms with Crippen LogP contribution in [0.25, 0.3) is 88.4 Å². The van der Waals surface area contributed by atoms with Crippen LogP contribution in [0.15, 0.2) is 152 Å². The van der Waals surface area contributed by atoms with Crippen LogP contribution in [-0.4, -0.2) is 9.13 Å². The molecule has 0 unspecified atom stereocenters. The zero-order valence-electron chi connectivity index (χ0n) is 37.6. The largest absolute Gasteiger partial charge is 0.417 e. The van der Waals surface area contributed by atoms with Gasteiger partial charge in [0, 0.05) is 27.1 Å². The number of alkyl halides is 18. The minimum Gasteiger partial charge on any atom is -0.309 e. The molecule has 10 rings (SSSR count). The van der Waals surface area contributed by atoms with Gasteiger partial charge in [0.2, 0.25) is 0 Å². The van der Waals surface area contributed by atoms with Gasteiger partial charge < -0.3 is 9.13 Å². The van der Waals surface area contributed by atoms with E-state index < -0.39 is 92.7 Å². The molecule has 0 aliphatic heterocycles. The first-order chi connectivity index (χ1) is 35.4. The van der Waals surface area contributed by atoms with Crippen LogP contribution in [0.2, 0.25) is 0 Å². The summed E-state index contributed by atoms with van der Waals surface area (Å²) < 4.78 is 259. The van der Waals surface area contributed by atoms with Crippen molar-refractivity contribution in [2.75, 3.05) is 0 Å². The Morgan fingerprint density at radius 1 is 0.303 bits per heavy atom. The molecule has 0 atom stereocenters. The Labute approximate surface area is 414 Å². The minimum absolute atomic E-state index is 0.0395. The molecule has 0 radical (unpaired) electrons. The van der Waals surface area contributed by atoms with Crippen LogP contribution in [0, 0.1) is 11.3 Å². The first-order valence-corrected chi connectivity index (χ1v) is 22.0. The molecule has 0 spiro atoms. The van der Waals surface area contributed by atoms with Crippen LogP contribution < -0.4 is 0 Å². The van der Waals surface area contributed by atoms with Gasteiger partial charge in [0.25, 0.3) is 0 Å². The summed E-state index contributed by atoms with van der Waals surface area (Å²) in [6.45, 7) is 0. The molecular weight excluding hydrogens is 1040 g/mol. The Morgan fingerprint density at radius 2 is 0.697 bits per heavy atom. The highest BCUT2D eigenvalue weighted by Crippen LogP contribution is 2.48. The van der Waals surface area contributed by atoms with Crippen molar-refractivity contribution in [2.24, 2.45) is 0 Å². The summed E-state index contributed by atoms with van der Waals surface area (Å²) in [5.74, 6) is 0. The number of benzene rings is 8. The fraction of sp³-hybridized carbons (Fsp3) is 0.109. The highest BCUT2D eigenvalue weighted by Gasteiger charge is 2.41. The molecule has 0 N–H and O–H groups in total. The number of hydrogen-bond donors (Lipinski definition) is 0. The van der Waals surface area contributed by atoms with Crippen LogP contribution in [0.3, 0.4) is 0 Å². The SMILES string of the molecule is N#Cc1cc(-n2c3ccccc3c3cc(-c4ccc(C(F)(F)F)cc4C(F)(F)F)ccc32)c(-c2cc(C(F)(F)F)cc(C(F)(F)F)c2)cc1-n1c2ccccc2c2cc(-c3ccc(C(F)(F)F)cc3C(F)(F)F)ccc21. The number of aromatic nitrogens is 2. The Morgan fingerprint density at radius 3 is 1.09 bits per heavy atom. The third kappa shape index (κ3) is 8.88. The van der Waals surface area contributed by atoms with Crippen molar-refractivity contribution in [3.63, 3.8) is 0 Å². The van der Waals surface area contributed by atoms with E-state index in [1.54, 1.807) is 0 Å². The smallest absolute Gasteiger partial charge is 0.309 e. The molecule has 0 aliphatic carbocycles. The van der Waals surface area contributed by atoms with Crippen molar-refractivity contribution in [3.8, 4) is 50.8 Å². The van der Waals surface area contributed by atoms with E-state index in [2.05, 4.69) is 0 Å². The molecule has 76 heavy (non-hydrogen) atoms. The Kier molecular flexibility index (Phi) is 11.6. The average Bonchev–Trinajstić information content (AvgIpc) is 3.92. The van der Waals surface area contributed by atoms with Gasteiger partial charge in [-0.2, -0.15) is 84.3 Å². The number of halogens is 18. The van der Waals surface area contributed by atoms with Crippen LogP contribution in [0.1, 0.15) is 38.9 Å². The van der Waals surface area contributed by atoms with Crippen molar-refractivity contribution in [2.45, 2.75) is 37.1 Å². The van der Waals surface area contributed by atoms with Crippen molar-refractivity contribution in [1.29, 1.82) is 5.26 Å². The predicted octanol–water partition coefficient (Wildman–Crippen LogP) is 18.9. The van der Waals surface area contributed by atoms with E-state index >= 15 is 0 Å². The Balaban J connectivity index is 1.27. The maximum Gasteiger partial charge on any atom is 0.417 e. The van der Waals surface area contributed by atoms with E-state index in [1.165, 1.54) is 81.9 Å². The second-order valence-corrected chi connectivity index (χ2v) is 17.5. The molecule has 3 nitrogen and oxygen atoms in total. The molecule has 0 saturated heterocycles. The predicted molar refractivity (Wildman–Crippen MR) is 246 cm³/mol. The monoisotopic (exact) mass is 1070 g/mol. The van der Waals surface area contributed by atoms with Gasteiger partial charge in [-0.25, -0.2) is 0 Å². The lowest BCUT2D eigenvalue weighted by Crippen LogP contribution is -2.12. The average molecular weight is 1070 g/mol. The third-order valence-corrected chi connectivity index (χ3v) is 12.9. The number of rotatable bonds is 5. The molecule has 0 saturated carbocycles. The van der Waals surface area contributed by atoms with Gasteiger partial charge >= 0.3 is 37.1 Å². The Hall–Kier alpha value is -8.41. The van der Waals surface area contributed by atoms with Crippen LogP contribution in [0.4, 0.5) is 79.0 Å². The third-order valence-electron chi connectivity index (χ3n) is 12.9. The molecular formula is C55H25F18N3. The van der Waals surface area contributed by atoms with E-state index in [0.29, 0.717) is 36.4 Å². The number of para-hydroxylation sites is 2. The van der Waals surface area contributed by atoms with E-state index in [9.17, 15) is 84.3 Å². The topological polar surface area (TPSA) is 33.6 Å². The molecule has 0 amide bonds. The number of nitrogens with zero attached hydrogens (tertiary/aromatic N) is 3. The van der Waals surface area contributed by atoms with Gasteiger partial charge in [-0.3, -0.25) is 0 Å². The second-order valence-electron chi connectivity index (χ2n) is 17.5. The zero-order chi connectivity index (χ0) is 54.8. The van der Waals surface area contributed by atoms with E-state index in [1.807, 2.05) is 6.07 Å². The van der Waals surface area contributed by atoms with Crippen molar-refractivity contribution >= 4 is 43.6 Å². The normalized spacial score (nSPS) is 13.1. The summed E-state index contributed by atoms with van der Waals surface area (Å²) in [6.07, 6.45) is -31.6. The first-order valence-electron chi connectivity index (χ1n) is 22.0. The summed E-state index contributed by atoms with van der Waals surface area (Å²) in [6, 6.07) is 26.3. The first kappa shape index (κ1) is 51.1. The van der Waals surface area contributed by atoms with E-state index in [-0.39, 0.29) is 89.9 Å². The lowest BCUT2D eigenvalue weighted by Gasteiger charge is -2.21. The van der Waals surface area contributed by atoms with Crippen LogP contribution >= 0.6 is 0 Å². The standard InChI is InChI=1S/C55H25F18N3/c56-50(57,58)31-11-13-35(42(23-31)54(68,69)70)27-9-15-46-40(19-27)37-5-1-3-7-44(37)75(46)48-25-39(29-17-33(52(62,63)64)22-34(18-29)53(65,66)67)49(21-30(48)26-74)76-45-8-4-2-6-38(45)41-20-28(10-16-47(41)76)36-14-12-32(51(59,60)61)24-43(36)55(71,72)73/h1-25H. The number of nitriles is 1. The van der Waals surface area contributed by atoms with Crippen molar-refractivity contribution in [3.05, 3.63) is 191 Å². The van der Waals surface area contributed by atoms with Gasteiger partial charge in [0.1, 0.15) is 6.07 Å². The lowest BCUT2D eigenvalue weighted by atomic mass is 9.95. The second kappa shape index (κ2) is 17.3. The summed E-state index contributed by atoms with van der Waals surface area (Å²) in [5, 5.41) is 11.7. The van der Waals surface area contributed by atoms with Crippen LogP contribution in [0.5, 0.6) is 0 Å². The molecule has 0 bridgehead atoms. The van der Waals surface area contributed by atoms with E-state index in [4.69, 9.17) is 0 Å². The number of hydrogen-bond acceptors (Lipinski definition) is 1. The van der Waals surface area contributed by atoms with E-state index in [0.717, 1.165) is 24.3 Å². The summed E-state index contributed by atoms with van der Waals surface area (Å²) >= 11 is 0. The molecule has 21 heteroatoms. The molecule has 0 fully saturated rings. The van der Waals surface area contributed by atoms with Crippen molar-refractivity contribution < 1.29 is 79.0 Å². The molecule has 0 aliphatic rings. The molecule has 386 valence electrons. The van der Waals surface area contributed by atoms with Crippen molar-refractivity contribution in [1.82, 2.24) is 9.13 Å². The number of fused-ring (bicyclic) bond motifs is 6. The fourth-order valence-corrected chi connectivity index (χ4v) is 9.59. The maximum absolute atomic E-state index is 14.6. The van der Waals surface area contributed by atoms with Gasteiger partial charge in [-0.1, -0.05) is 60.7 Å². The maximum atomic E-state index is 14.6. The lowest BCUT2D eigenvalue weighted by molar-refractivity contribution is -0.144. The highest BCUT2D eigenvalue weighted by atomic mass is 19.4. The van der Waals surface area contributed by atoms with Gasteiger partial charge in [0.15, 0.2) is 0 Å². The van der Waals surface area contributed by atoms with Gasteiger partial charge in [-0.05, 0) is 119 Å². The zero-order valence-corrected chi connectivity index (χ0v) is 37.6. The quantitative estimate of drug-likeness (QED) is 0.158.